The molecule has 0 atom stereocenters. The number of hydrogen-bond acceptors (Lipinski definition) is 5. The fourth-order valence-electron chi connectivity index (χ4n) is 4.05. The molecule has 1 aliphatic heterocycles. The van der Waals surface area contributed by atoms with E-state index in [9.17, 15) is 19.7 Å². The van der Waals surface area contributed by atoms with Gasteiger partial charge in [0.25, 0.3) is 5.69 Å². The van der Waals surface area contributed by atoms with Crippen molar-refractivity contribution in [2.45, 2.75) is 19.3 Å². The maximum Gasteiger partial charge on any atom is 0.328 e. The van der Waals surface area contributed by atoms with E-state index in [1.807, 2.05) is 6.07 Å². The van der Waals surface area contributed by atoms with Gasteiger partial charge in [0.15, 0.2) is 0 Å². The zero-order chi connectivity index (χ0) is 22.1. The quantitative estimate of drug-likeness (QED) is 0.492. The Kier molecular flexibility index (Phi) is 5.37. The number of benzene rings is 2. The van der Waals surface area contributed by atoms with Gasteiger partial charge in [-0.1, -0.05) is 12.1 Å². The molecule has 0 unspecified atom stereocenters. The van der Waals surface area contributed by atoms with Crippen molar-refractivity contribution in [1.29, 1.82) is 0 Å². The number of para-hydroxylation sites is 2. The van der Waals surface area contributed by atoms with Gasteiger partial charge in [0.1, 0.15) is 5.69 Å². The summed E-state index contributed by atoms with van der Waals surface area (Å²) in [6.45, 7) is 1.71. The Hall–Kier alpha value is -3.82. The number of anilines is 3. The average molecular weight is 424 g/mol. The predicted octanol–water partition coefficient (Wildman–Crippen LogP) is 3.42. The van der Waals surface area contributed by atoms with Gasteiger partial charge in [0, 0.05) is 33.3 Å². The highest BCUT2D eigenvalue weighted by Gasteiger charge is 2.21. The summed E-state index contributed by atoms with van der Waals surface area (Å²) >= 11 is 0. The summed E-state index contributed by atoms with van der Waals surface area (Å²) in [6, 6.07) is 9.08. The first-order valence-corrected chi connectivity index (χ1v) is 10.1. The minimum Gasteiger partial charge on any atom is -0.370 e. The molecule has 1 aromatic heterocycles. The van der Waals surface area contributed by atoms with Crippen molar-refractivity contribution < 1.29 is 9.72 Å². The standard InChI is InChI=1S/C21H24N6O4/c1-24-18-12-15(23-20(28)22-14-8-4-5-9-16(14)27(30)31)17(26-10-6-3-7-11-26)13-19(18)25(2)21(24)29/h4-5,8-9,12-13H,3,6-7,10-11H2,1-2H3,(H2,22,23,28). The van der Waals surface area contributed by atoms with E-state index in [-0.39, 0.29) is 17.1 Å². The van der Waals surface area contributed by atoms with Crippen molar-refractivity contribution in [2.75, 3.05) is 28.6 Å². The van der Waals surface area contributed by atoms with Crippen LogP contribution in [-0.4, -0.2) is 33.2 Å². The largest absolute Gasteiger partial charge is 0.370 e. The minimum absolute atomic E-state index is 0.109. The molecule has 31 heavy (non-hydrogen) atoms. The van der Waals surface area contributed by atoms with E-state index in [0.29, 0.717) is 11.2 Å². The smallest absolute Gasteiger partial charge is 0.328 e. The summed E-state index contributed by atoms with van der Waals surface area (Å²) in [5, 5.41) is 16.6. The Morgan fingerprint density at radius 1 is 0.968 bits per heavy atom. The number of aryl methyl sites for hydroxylation is 2. The predicted molar refractivity (Wildman–Crippen MR) is 120 cm³/mol. The van der Waals surface area contributed by atoms with Crippen molar-refractivity contribution in [3.05, 3.63) is 57.0 Å². The molecule has 1 saturated heterocycles. The van der Waals surface area contributed by atoms with Crippen molar-refractivity contribution >= 4 is 39.8 Å². The molecule has 1 fully saturated rings. The fraction of sp³-hybridized carbons (Fsp3) is 0.333. The van der Waals surface area contributed by atoms with Gasteiger partial charge >= 0.3 is 11.7 Å². The highest BCUT2D eigenvalue weighted by molar-refractivity contribution is 6.04. The molecule has 10 nitrogen and oxygen atoms in total. The topological polar surface area (TPSA) is 114 Å². The first-order chi connectivity index (χ1) is 14.9. The second kappa shape index (κ2) is 8.13. The number of rotatable bonds is 4. The SMILES string of the molecule is Cn1c(=O)n(C)c2cc(N3CCCCC3)c(NC(=O)Nc3ccccc3[N+](=O)[O-])cc21. The number of nitro benzene ring substituents is 1. The zero-order valence-corrected chi connectivity index (χ0v) is 17.4. The second-order valence-electron chi connectivity index (χ2n) is 7.66. The zero-order valence-electron chi connectivity index (χ0n) is 17.4. The molecule has 2 aromatic carbocycles. The fourth-order valence-corrected chi connectivity index (χ4v) is 4.05. The van der Waals surface area contributed by atoms with Crippen LogP contribution in [0.2, 0.25) is 0 Å². The summed E-state index contributed by atoms with van der Waals surface area (Å²) < 4.78 is 3.11. The summed E-state index contributed by atoms with van der Waals surface area (Å²) in [4.78, 5) is 38.0. The van der Waals surface area contributed by atoms with Crippen LogP contribution in [0.3, 0.4) is 0 Å². The van der Waals surface area contributed by atoms with Crippen LogP contribution < -0.4 is 21.2 Å². The van der Waals surface area contributed by atoms with E-state index in [4.69, 9.17) is 0 Å². The number of fused-ring (bicyclic) bond motifs is 1. The Morgan fingerprint density at radius 3 is 2.26 bits per heavy atom. The summed E-state index contributed by atoms with van der Waals surface area (Å²) in [6.07, 6.45) is 3.25. The van der Waals surface area contributed by atoms with Gasteiger partial charge in [0.2, 0.25) is 0 Å². The molecule has 4 rings (SSSR count). The van der Waals surface area contributed by atoms with E-state index >= 15 is 0 Å². The molecule has 0 spiro atoms. The van der Waals surface area contributed by atoms with Crippen LogP contribution in [0, 0.1) is 10.1 Å². The Bertz CT molecular complexity index is 1220. The minimum atomic E-state index is -0.590. The number of aromatic nitrogens is 2. The Morgan fingerprint density at radius 2 is 1.58 bits per heavy atom. The van der Waals surface area contributed by atoms with Gasteiger partial charge < -0.3 is 15.5 Å². The van der Waals surface area contributed by atoms with Gasteiger partial charge in [0.05, 0.1) is 27.3 Å². The van der Waals surface area contributed by atoms with E-state index < -0.39 is 11.0 Å². The third kappa shape index (κ3) is 3.83. The summed E-state index contributed by atoms with van der Waals surface area (Å²) in [5.41, 5.74) is 2.61. The molecule has 10 heteroatoms. The molecule has 2 N–H and O–H groups in total. The lowest BCUT2D eigenvalue weighted by Gasteiger charge is -2.30. The van der Waals surface area contributed by atoms with E-state index in [1.54, 1.807) is 36.9 Å². The molecule has 1 aliphatic rings. The molecule has 0 aliphatic carbocycles. The molecule has 2 amide bonds. The van der Waals surface area contributed by atoms with Crippen molar-refractivity contribution in [3.63, 3.8) is 0 Å². The van der Waals surface area contributed by atoms with Crippen LogP contribution in [0.25, 0.3) is 11.0 Å². The third-order valence-electron chi connectivity index (χ3n) is 5.68. The molecular weight excluding hydrogens is 400 g/mol. The lowest BCUT2D eigenvalue weighted by Crippen LogP contribution is -2.31. The molecule has 0 bridgehead atoms. The highest BCUT2D eigenvalue weighted by atomic mass is 16.6. The maximum atomic E-state index is 12.7. The molecule has 0 radical (unpaired) electrons. The lowest BCUT2D eigenvalue weighted by molar-refractivity contribution is -0.383. The summed E-state index contributed by atoms with van der Waals surface area (Å²) in [7, 11) is 3.40. The maximum absolute atomic E-state index is 12.7. The van der Waals surface area contributed by atoms with Crippen molar-refractivity contribution in [2.24, 2.45) is 14.1 Å². The first kappa shape index (κ1) is 20.5. The van der Waals surface area contributed by atoms with Crippen molar-refractivity contribution in [3.8, 4) is 0 Å². The number of carbonyl (C=O) groups excluding carboxylic acids is 1. The second-order valence-corrected chi connectivity index (χ2v) is 7.66. The van der Waals surface area contributed by atoms with Gasteiger partial charge in [-0.2, -0.15) is 0 Å². The van der Waals surface area contributed by atoms with Crippen LogP contribution in [0.15, 0.2) is 41.2 Å². The van der Waals surface area contributed by atoms with Gasteiger partial charge in [-0.3, -0.25) is 19.2 Å². The normalized spacial score (nSPS) is 13.9. The lowest BCUT2D eigenvalue weighted by atomic mass is 10.1. The molecular formula is C21H24N6O4. The Balaban J connectivity index is 1.71. The Labute approximate surface area is 178 Å². The van der Waals surface area contributed by atoms with Crippen molar-refractivity contribution in [1.82, 2.24) is 9.13 Å². The number of carbonyl (C=O) groups is 1. The molecule has 2 heterocycles. The number of nitrogens with one attached hydrogen (secondary N) is 2. The number of nitro groups is 1. The summed E-state index contributed by atoms with van der Waals surface area (Å²) in [5.74, 6) is 0. The average Bonchev–Trinajstić information content (AvgIpc) is 2.97. The van der Waals surface area contributed by atoms with Gasteiger partial charge in [-0.25, -0.2) is 9.59 Å². The van der Waals surface area contributed by atoms with Crippen LogP contribution in [0.5, 0.6) is 0 Å². The number of nitrogens with zero attached hydrogens (tertiary/aromatic N) is 4. The number of urea groups is 1. The number of piperidine rings is 1. The van der Waals surface area contributed by atoms with E-state index in [2.05, 4.69) is 15.5 Å². The number of amides is 2. The van der Waals surface area contributed by atoms with E-state index in [0.717, 1.165) is 43.6 Å². The highest BCUT2D eigenvalue weighted by Crippen LogP contribution is 2.33. The number of imidazole rings is 1. The van der Waals surface area contributed by atoms with E-state index in [1.165, 1.54) is 16.7 Å². The van der Waals surface area contributed by atoms with Crippen LogP contribution in [0.1, 0.15) is 19.3 Å². The molecule has 162 valence electrons. The molecule has 3 aromatic rings. The van der Waals surface area contributed by atoms with Gasteiger partial charge in [-0.15, -0.1) is 0 Å². The van der Waals surface area contributed by atoms with Crippen LogP contribution >= 0.6 is 0 Å². The monoisotopic (exact) mass is 424 g/mol. The van der Waals surface area contributed by atoms with Crippen LogP contribution in [-0.2, 0) is 14.1 Å². The third-order valence-corrected chi connectivity index (χ3v) is 5.68. The van der Waals surface area contributed by atoms with Gasteiger partial charge in [-0.05, 0) is 37.5 Å². The molecule has 0 saturated carbocycles. The first-order valence-electron chi connectivity index (χ1n) is 10.1. The van der Waals surface area contributed by atoms with Crippen LogP contribution in [0.4, 0.5) is 27.5 Å². The number of hydrogen-bond donors (Lipinski definition) is 2.